The summed E-state index contributed by atoms with van der Waals surface area (Å²) < 4.78 is 5.26. The highest BCUT2D eigenvalue weighted by Gasteiger charge is 2.51. The first-order valence-electron chi connectivity index (χ1n) is 8.38. The van der Waals surface area contributed by atoms with Crippen molar-refractivity contribution in [2.24, 2.45) is 11.8 Å². The molecular formula is C18H19Cl2NO4. The fourth-order valence-corrected chi connectivity index (χ4v) is 4.12. The number of carbonyl (C=O) groups is 3. The van der Waals surface area contributed by atoms with Crippen LogP contribution in [0.1, 0.15) is 38.2 Å². The summed E-state index contributed by atoms with van der Waals surface area (Å²) in [4.78, 5) is 38.5. The van der Waals surface area contributed by atoms with Crippen molar-refractivity contribution in [1.82, 2.24) is 4.90 Å². The number of likely N-dealkylation sites (tertiary alicyclic amines) is 1. The number of imide groups is 1. The summed E-state index contributed by atoms with van der Waals surface area (Å²) in [5, 5.41) is 0.791. The molecule has 1 aromatic rings. The number of ether oxygens (including phenoxy) is 1. The van der Waals surface area contributed by atoms with E-state index in [0.717, 1.165) is 17.7 Å². The summed E-state index contributed by atoms with van der Waals surface area (Å²) in [7, 11) is 0. The minimum Gasteiger partial charge on any atom is -0.459 e. The molecule has 2 amide bonds. The summed E-state index contributed by atoms with van der Waals surface area (Å²) >= 11 is 12.1. The Morgan fingerprint density at radius 2 is 1.68 bits per heavy atom. The smallest absolute Gasteiger partial charge is 0.329 e. The van der Waals surface area contributed by atoms with Crippen LogP contribution in [0.2, 0.25) is 10.0 Å². The van der Waals surface area contributed by atoms with E-state index in [1.165, 1.54) is 6.92 Å². The second kappa shape index (κ2) is 7.34. The van der Waals surface area contributed by atoms with Crippen molar-refractivity contribution in [3.8, 4) is 0 Å². The molecule has 3 rings (SSSR count). The summed E-state index contributed by atoms with van der Waals surface area (Å²) in [5.74, 6) is -1.72. The first-order valence-corrected chi connectivity index (χ1v) is 9.14. The Bertz CT molecular complexity index is 677. The van der Waals surface area contributed by atoms with E-state index in [1.807, 2.05) is 0 Å². The van der Waals surface area contributed by atoms with Gasteiger partial charge in [-0.1, -0.05) is 42.1 Å². The van der Waals surface area contributed by atoms with E-state index in [2.05, 4.69) is 0 Å². The van der Waals surface area contributed by atoms with Crippen molar-refractivity contribution < 1.29 is 19.1 Å². The number of hydrogen-bond acceptors (Lipinski definition) is 4. The molecule has 1 heterocycles. The fourth-order valence-electron chi connectivity index (χ4n) is 3.61. The van der Waals surface area contributed by atoms with Gasteiger partial charge in [0.2, 0.25) is 11.8 Å². The van der Waals surface area contributed by atoms with E-state index in [4.69, 9.17) is 27.9 Å². The van der Waals surface area contributed by atoms with Crippen LogP contribution in [0.4, 0.5) is 0 Å². The third-order valence-corrected chi connectivity index (χ3v) is 5.73. The Hall–Kier alpha value is -1.59. The number of rotatable bonds is 4. The SMILES string of the molecule is C[C@@H](C(=O)OCc1c(Cl)cccc1Cl)N1C(=O)[C@H]2CCCC[C@H]2C1=O. The Labute approximate surface area is 156 Å². The van der Waals surface area contributed by atoms with E-state index in [0.29, 0.717) is 28.5 Å². The minimum absolute atomic E-state index is 0.106. The van der Waals surface area contributed by atoms with Crippen LogP contribution in [-0.2, 0) is 25.7 Å². The van der Waals surface area contributed by atoms with E-state index >= 15 is 0 Å². The highest BCUT2D eigenvalue weighted by atomic mass is 35.5. The van der Waals surface area contributed by atoms with Gasteiger partial charge in [-0.25, -0.2) is 4.79 Å². The van der Waals surface area contributed by atoms with Crippen molar-refractivity contribution in [3.05, 3.63) is 33.8 Å². The normalized spacial score (nSPS) is 24.2. The van der Waals surface area contributed by atoms with Crippen molar-refractivity contribution in [3.63, 3.8) is 0 Å². The van der Waals surface area contributed by atoms with Crippen LogP contribution in [0.3, 0.4) is 0 Å². The maximum absolute atomic E-state index is 12.5. The molecule has 3 atom stereocenters. The molecule has 0 aromatic heterocycles. The van der Waals surface area contributed by atoms with Gasteiger partial charge in [-0.2, -0.15) is 0 Å². The number of halogens is 2. The van der Waals surface area contributed by atoms with Gasteiger partial charge in [-0.15, -0.1) is 0 Å². The first-order chi connectivity index (χ1) is 11.9. The average Bonchev–Trinajstić information content (AvgIpc) is 2.85. The molecule has 5 nitrogen and oxygen atoms in total. The van der Waals surface area contributed by atoms with Crippen molar-refractivity contribution in [1.29, 1.82) is 0 Å². The Balaban J connectivity index is 1.68. The standard InChI is InChI=1S/C18H19Cl2NO4/c1-10(18(24)25-9-13-14(19)7-4-8-15(13)20)21-16(22)11-5-2-3-6-12(11)17(21)23/h4,7-8,10-12H,2-3,5-6,9H2,1H3/t10-,11-,12+/m0/s1. The van der Waals surface area contributed by atoms with E-state index in [-0.39, 0.29) is 30.3 Å². The molecule has 1 aliphatic heterocycles. The number of amides is 2. The van der Waals surface area contributed by atoms with E-state index in [9.17, 15) is 14.4 Å². The molecular weight excluding hydrogens is 365 g/mol. The van der Waals surface area contributed by atoms with Gasteiger partial charge in [0.05, 0.1) is 11.8 Å². The number of esters is 1. The molecule has 1 aliphatic carbocycles. The zero-order chi connectivity index (χ0) is 18.1. The highest BCUT2D eigenvalue weighted by molar-refractivity contribution is 6.35. The zero-order valence-corrected chi connectivity index (χ0v) is 15.3. The monoisotopic (exact) mass is 383 g/mol. The Kier molecular flexibility index (Phi) is 5.35. The number of nitrogens with zero attached hydrogens (tertiary/aromatic N) is 1. The summed E-state index contributed by atoms with van der Waals surface area (Å²) in [6, 6.07) is 4.05. The Morgan fingerprint density at radius 3 is 2.20 bits per heavy atom. The lowest BCUT2D eigenvalue weighted by atomic mass is 9.81. The molecule has 0 unspecified atom stereocenters. The van der Waals surface area contributed by atoms with Crippen LogP contribution in [0.15, 0.2) is 18.2 Å². The van der Waals surface area contributed by atoms with Gasteiger partial charge in [-0.05, 0) is 31.9 Å². The molecule has 1 aromatic carbocycles. The van der Waals surface area contributed by atoms with Crippen LogP contribution < -0.4 is 0 Å². The van der Waals surface area contributed by atoms with Crippen LogP contribution in [0.5, 0.6) is 0 Å². The van der Waals surface area contributed by atoms with Crippen LogP contribution in [0.25, 0.3) is 0 Å². The van der Waals surface area contributed by atoms with Gasteiger partial charge in [0.1, 0.15) is 12.6 Å². The third-order valence-electron chi connectivity index (χ3n) is 5.02. The highest BCUT2D eigenvalue weighted by Crippen LogP contribution is 2.39. The maximum Gasteiger partial charge on any atom is 0.329 e. The molecule has 2 fully saturated rings. The molecule has 25 heavy (non-hydrogen) atoms. The van der Waals surface area contributed by atoms with Gasteiger partial charge in [-0.3, -0.25) is 14.5 Å². The molecule has 2 aliphatic rings. The zero-order valence-electron chi connectivity index (χ0n) is 13.8. The second-order valence-corrected chi connectivity index (χ2v) is 7.34. The molecule has 1 saturated carbocycles. The third kappa shape index (κ3) is 3.40. The largest absolute Gasteiger partial charge is 0.459 e. The summed E-state index contributed by atoms with van der Waals surface area (Å²) in [6.45, 7) is 1.41. The summed E-state index contributed by atoms with van der Waals surface area (Å²) in [5.41, 5.74) is 0.499. The van der Waals surface area contributed by atoms with Crippen molar-refractivity contribution in [2.75, 3.05) is 0 Å². The molecule has 134 valence electrons. The molecule has 0 radical (unpaired) electrons. The lowest BCUT2D eigenvalue weighted by Gasteiger charge is -2.21. The average molecular weight is 384 g/mol. The van der Waals surface area contributed by atoms with Crippen LogP contribution in [0, 0.1) is 11.8 Å². The van der Waals surface area contributed by atoms with Crippen LogP contribution in [-0.4, -0.2) is 28.7 Å². The van der Waals surface area contributed by atoms with Gasteiger partial charge in [0.25, 0.3) is 0 Å². The second-order valence-electron chi connectivity index (χ2n) is 6.53. The summed E-state index contributed by atoms with van der Waals surface area (Å²) in [6.07, 6.45) is 3.31. The number of fused-ring (bicyclic) bond motifs is 1. The maximum atomic E-state index is 12.5. The number of hydrogen-bond donors (Lipinski definition) is 0. The predicted octanol–water partition coefficient (Wildman–Crippen LogP) is 3.60. The quantitative estimate of drug-likeness (QED) is 0.588. The van der Waals surface area contributed by atoms with Crippen molar-refractivity contribution >= 4 is 41.0 Å². The molecule has 1 saturated heterocycles. The van der Waals surface area contributed by atoms with Gasteiger partial charge >= 0.3 is 5.97 Å². The predicted molar refractivity (Wildman–Crippen MR) is 93.0 cm³/mol. The van der Waals surface area contributed by atoms with E-state index in [1.54, 1.807) is 18.2 Å². The van der Waals surface area contributed by atoms with Gasteiger partial charge in [0.15, 0.2) is 0 Å². The number of benzene rings is 1. The van der Waals surface area contributed by atoms with Gasteiger partial charge < -0.3 is 4.74 Å². The fraction of sp³-hybridized carbons (Fsp3) is 0.500. The topological polar surface area (TPSA) is 63.7 Å². The molecule has 7 heteroatoms. The first kappa shape index (κ1) is 18.2. The van der Waals surface area contributed by atoms with Crippen LogP contribution >= 0.6 is 23.2 Å². The minimum atomic E-state index is -0.952. The van der Waals surface area contributed by atoms with E-state index < -0.39 is 12.0 Å². The lowest BCUT2D eigenvalue weighted by molar-refractivity contribution is -0.159. The Morgan fingerprint density at radius 1 is 1.16 bits per heavy atom. The lowest BCUT2D eigenvalue weighted by Crippen LogP contribution is -2.44. The number of carbonyl (C=O) groups excluding carboxylic acids is 3. The molecule has 0 N–H and O–H groups in total. The van der Waals surface area contributed by atoms with Crippen molar-refractivity contribution in [2.45, 2.75) is 45.3 Å². The van der Waals surface area contributed by atoms with Gasteiger partial charge in [0, 0.05) is 15.6 Å². The molecule has 0 bridgehead atoms. The molecule has 0 spiro atoms.